The lowest BCUT2D eigenvalue weighted by Crippen LogP contribution is -2.38. The second-order valence-corrected chi connectivity index (χ2v) is 7.28. The van der Waals surface area contributed by atoms with E-state index in [0.29, 0.717) is 5.02 Å². The van der Waals surface area contributed by atoms with E-state index in [1.54, 1.807) is 0 Å². The predicted octanol–water partition coefficient (Wildman–Crippen LogP) is 3.21. The molecular formula is C20H24ClN5O. The van der Waals surface area contributed by atoms with E-state index in [1.807, 2.05) is 47.1 Å². The highest BCUT2D eigenvalue weighted by atomic mass is 35.5. The summed E-state index contributed by atoms with van der Waals surface area (Å²) < 4.78 is 7.29. The highest BCUT2D eigenvalue weighted by molar-refractivity contribution is 6.30. The molecule has 1 aromatic carbocycles. The number of ether oxygens (including phenoxy) is 1. The number of benzene rings is 1. The molecule has 0 aliphatic carbocycles. The Kier molecular flexibility index (Phi) is 5.57. The quantitative estimate of drug-likeness (QED) is 0.652. The van der Waals surface area contributed by atoms with Crippen molar-refractivity contribution in [2.45, 2.75) is 6.42 Å². The molecule has 4 rings (SSSR count). The fourth-order valence-corrected chi connectivity index (χ4v) is 3.57. The van der Waals surface area contributed by atoms with E-state index in [0.717, 1.165) is 68.5 Å². The number of anilines is 1. The fourth-order valence-electron chi connectivity index (χ4n) is 3.38. The van der Waals surface area contributed by atoms with Gasteiger partial charge in [0.2, 0.25) is 0 Å². The van der Waals surface area contributed by atoms with Crippen LogP contribution in [0.3, 0.4) is 0 Å². The van der Waals surface area contributed by atoms with Crippen LogP contribution in [-0.2, 0) is 4.74 Å². The van der Waals surface area contributed by atoms with Crippen molar-refractivity contribution in [2.24, 2.45) is 0 Å². The standard InChI is InChI=1S/C20H24ClN5O/c1-24(8-3-9-25-10-12-27-13-11-25)20-7-6-19-22-15-18(26(19)23-20)16-4-2-5-17(21)14-16/h2,4-7,14-15H,3,8-13H2,1H3. The van der Waals surface area contributed by atoms with Gasteiger partial charge in [-0.05, 0) is 30.7 Å². The molecule has 1 aliphatic heterocycles. The first-order chi connectivity index (χ1) is 13.2. The first-order valence-corrected chi connectivity index (χ1v) is 9.70. The number of hydrogen-bond acceptors (Lipinski definition) is 5. The summed E-state index contributed by atoms with van der Waals surface area (Å²) >= 11 is 6.15. The average Bonchev–Trinajstić information content (AvgIpc) is 3.12. The third-order valence-electron chi connectivity index (χ3n) is 4.93. The summed E-state index contributed by atoms with van der Waals surface area (Å²) in [5, 5.41) is 5.52. The Labute approximate surface area is 164 Å². The molecule has 3 heterocycles. The van der Waals surface area contributed by atoms with Crippen molar-refractivity contribution in [3.8, 4) is 11.3 Å². The smallest absolute Gasteiger partial charge is 0.154 e. The summed E-state index contributed by atoms with van der Waals surface area (Å²) in [6, 6.07) is 11.8. The Bertz CT molecular complexity index is 906. The summed E-state index contributed by atoms with van der Waals surface area (Å²) in [5.74, 6) is 0.936. The molecule has 27 heavy (non-hydrogen) atoms. The normalized spacial score (nSPS) is 15.3. The number of aromatic nitrogens is 3. The van der Waals surface area contributed by atoms with Gasteiger partial charge in [0.1, 0.15) is 5.82 Å². The molecule has 2 aromatic heterocycles. The molecule has 0 atom stereocenters. The van der Waals surface area contributed by atoms with Crippen LogP contribution in [0, 0.1) is 0 Å². The lowest BCUT2D eigenvalue weighted by atomic mass is 10.2. The van der Waals surface area contributed by atoms with Crippen LogP contribution in [0.5, 0.6) is 0 Å². The molecular weight excluding hydrogens is 362 g/mol. The SMILES string of the molecule is CN(CCCN1CCOCC1)c1ccc2ncc(-c3cccc(Cl)c3)n2n1. The summed E-state index contributed by atoms with van der Waals surface area (Å²) in [6.07, 6.45) is 2.94. The van der Waals surface area contributed by atoms with Crippen molar-refractivity contribution in [1.29, 1.82) is 0 Å². The summed E-state index contributed by atoms with van der Waals surface area (Å²) in [6.45, 7) is 5.81. The van der Waals surface area contributed by atoms with E-state index in [1.165, 1.54) is 0 Å². The molecule has 0 radical (unpaired) electrons. The summed E-state index contributed by atoms with van der Waals surface area (Å²) in [5.41, 5.74) is 2.78. The zero-order valence-corrected chi connectivity index (χ0v) is 16.3. The van der Waals surface area contributed by atoms with Crippen molar-refractivity contribution in [3.63, 3.8) is 0 Å². The number of nitrogens with zero attached hydrogens (tertiary/aromatic N) is 5. The van der Waals surface area contributed by atoms with E-state index in [2.05, 4.69) is 21.8 Å². The molecule has 0 bridgehead atoms. The molecule has 1 fully saturated rings. The maximum atomic E-state index is 6.15. The third kappa shape index (κ3) is 4.24. The Balaban J connectivity index is 1.48. The van der Waals surface area contributed by atoms with Gasteiger partial charge in [-0.1, -0.05) is 23.7 Å². The highest BCUT2D eigenvalue weighted by Crippen LogP contribution is 2.24. The van der Waals surface area contributed by atoms with Crippen LogP contribution in [-0.4, -0.2) is 65.9 Å². The number of rotatable bonds is 6. The van der Waals surface area contributed by atoms with E-state index >= 15 is 0 Å². The molecule has 0 saturated carbocycles. The summed E-state index contributed by atoms with van der Waals surface area (Å²) in [7, 11) is 2.09. The van der Waals surface area contributed by atoms with Crippen molar-refractivity contribution >= 4 is 23.1 Å². The molecule has 3 aromatic rings. The second kappa shape index (κ2) is 8.25. The number of morpholine rings is 1. The van der Waals surface area contributed by atoms with E-state index in [9.17, 15) is 0 Å². The molecule has 7 heteroatoms. The van der Waals surface area contributed by atoms with Gasteiger partial charge in [-0.3, -0.25) is 4.90 Å². The first kappa shape index (κ1) is 18.2. The molecule has 6 nitrogen and oxygen atoms in total. The topological polar surface area (TPSA) is 45.9 Å². The fraction of sp³-hybridized carbons (Fsp3) is 0.400. The lowest BCUT2D eigenvalue weighted by molar-refractivity contribution is 0.0377. The Morgan fingerprint density at radius 3 is 2.85 bits per heavy atom. The van der Waals surface area contributed by atoms with Gasteiger partial charge in [0, 0.05) is 43.8 Å². The van der Waals surface area contributed by atoms with Gasteiger partial charge >= 0.3 is 0 Å². The van der Waals surface area contributed by atoms with Crippen LogP contribution < -0.4 is 4.90 Å². The molecule has 142 valence electrons. The van der Waals surface area contributed by atoms with Gasteiger partial charge in [0.05, 0.1) is 25.1 Å². The zero-order valence-electron chi connectivity index (χ0n) is 15.5. The maximum Gasteiger partial charge on any atom is 0.154 e. The Morgan fingerprint density at radius 1 is 1.19 bits per heavy atom. The molecule has 1 saturated heterocycles. The Hall–Kier alpha value is -2.15. The van der Waals surface area contributed by atoms with Crippen LogP contribution >= 0.6 is 11.6 Å². The van der Waals surface area contributed by atoms with Crippen LogP contribution in [0.1, 0.15) is 6.42 Å². The minimum Gasteiger partial charge on any atom is -0.379 e. The van der Waals surface area contributed by atoms with E-state index < -0.39 is 0 Å². The van der Waals surface area contributed by atoms with Crippen LogP contribution in [0.2, 0.25) is 5.02 Å². The monoisotopic (exact) mass is 385 g/mol. The minimum atomic E-state index is 0.707. The molecule has 0 spiro atoms. The zero-order chi connectivity index (χ0) is 18.6. The van der Waals surface area contributed by atoms with Crippen molar-refractivity contribution in [2.75, 3.05) is 51.3 Å². The molecule has 0 amide bonds. The van der Waals surface area contributed by atoms with Crippen LogP contribution in [0.25, 0.3) is 16.9 Å². The number of fused-ring (bicyclic) bond motifs is 1. The van der Waals surface area contributed by atoms with Gasteiger partial charge < -0.3 is 9.64 Å². The van der Waals surface area contributed by atoms with Crippen LogP contribution in [0.4, 0.5) is 5.82 Å². The second-order valence-electron chi connectivity index (χ2n) is 6.84. The van der Waals surface area contributed by atoms with Crippen molar-refractivity contribution in [3.05, 3.63) is 47.6 Å². The van der Waals surface area contributed by atoms with Crippen LogP contribution in [0.15, 0.2) is 42.6 Å². The number of hydrogen-bond donors (Lipinski definition) is 0. The predicted molar refractivity (Wildman–Crippen MR) is 109 cm³/mol. The lowest BCUT2D eigenvalue weighted by Gasteiger charge is -2.27. The largest absolute Gasteiger partial charge is 0.379 e. The van der Waals surface area contributed by atoms with Gasteiger partial charge in [0.15, 0.2) is 5.65 Å². The molecule has 1 aliphatic rings. The summed E-state index contributed by atoms with van der Waals surface area (Å²) in [4.78, 5) is 9.12. The highest BCUT2D eigenvalue weighted by Gasteiger charge is 2.12. The number of imidazole rings is 1. The van der Waals surface area contributed by atoms with Crippen molar-refractivity contribution in [1.82, 2.24) is 19.5 Å². The van der Waals surface area contributed by atoms with Gasteiger partial charge in [0.25, 0.3) is 0 Å². The van der Waals surface area contributed by atoms with Gasteiger partial charge in [-0.15, -0.1) is 5.10 Å². The first-order valence-electron chi connectivity index (χ1n) is 9.33. The maximum absolute atomic E-state index is 6.15. The van der Waals surface area contributed by atoms with Gasteiger partial charge in [-0.2, -0.15) is 0 Å². The molecule has 0 unspecified atom stereocenters. The van der Waals surface area contributed by atoms with E-state index in [4.69, 9.17) is 21.4 Å². The average molecular weight is 386 g/mol. The minimum absolute atomic E-state index is 0.707. The Morgan fingerprint density at radius 2 is 2.04 bits per heavy atom. The molecule has 0 N–H and O–H groups in total. The van der Waals surface area contributed by atoms with Crippen molar-refractivity contribution < 1.29 is 4.74 Å². The van der Waals surface area contributed by atoms with Gasteiger partial charge in [-0.25, -0.2) is 9.50 Å². The van der Waals surface area contributed by atoms with E-state index in [-0.39, 0.29) is 0 Å². The number of halogens is 1. The third-order valence-corrected chi connectivity index (χ3v) is 5.17.